The Bertz CT molecular complexity index is 691. The number of furan rings is 1. The monoisotopic (exact) mass is 399 g/mol. The highest BCUT2D eigenvalue weighted by molar-refractivity contribution is 9.10. The van der Waals surface area contributed by atoms with Gasteiger partial charge in [0.25, 0.3) is 5.91 Å². The van der Waals surface area contributed by atoms with Crippen molar-refractivity contribution in [3.8, 4) is 0 Å². The molecular formula is C16H22BrN3O4. The van der Waals surface area contributed by atoms with Gasteiger partial charge in [0.2, 0.25) is 0 Å². The number of morpholine rings is 1. The lowest BCUT2D eigenvalue weighted by atomic mass is 10.3. The van der Waals surface area contributed by atoms with E-state index in [9.17, 15) is 4.79 Å². The van der Waals surface area contributed by atoms with E-state index in [2.05, 4.69) is 26.1 Å². The minimum absolute atomic E-state index is 0.0955. The van der Waals surface area contributed by atoms with Gasteiger partial charge < -0.3 is 23.8 Å². The van der Waals surface area contributed by atoms with E-state index in [-0.39, 0.29) is 5.91 Å². The van der Waals surface area contributed by atoms with Gasteiger partial charge >= 0.3 is 0 Å². The molecule has 0 bridgehead atoms. The van der Waals surface area contributed by atoms with Crippen LogP contribution in [0.1, 0.15) is 10.5 Å². The predicted octanol–water partition coefficient (Wildman–Crippen LogP) is 1.71. The van der Waals surface area contributed by atoms with Gasteiger partial charge in [0.15, 0.2) is 10.3 Å². The Kier molecular flexibility index (Phi) is 5.94. The first kappa shape index (κ1) is 17.5. The predicted molar refractivity (Wildman–Crippen MR) is 93.4 cm³/mol. The first-order chi connectivity index (χ1) is 11.7. The van der Waals surface area contributed by atoms with E-state index in [0.29, 0.717) is 35.6 Å². The lowest BCUT2D eigenvalue weighted by Gasteiger charge is -2.26. The zero-order valence-corrected chi connectivity index (χ0v) is 15.3. The number of rotatable bonds is 7. The summed E-state index contributed by atoms with van der Waals surface area (Å²) in [5.74, 6) is -0.0955. The number of methoxy groups -OCH3 is 1. The van der Waals surface area contributed by atoms with Crippen molar-refractivity contribution in [3.63, 3.8) is 0 Å². The zero-order chi connectivity index (χ0) is 16.9. The molecule has 3 rings (SSSR count). The Labute approximate surface area is 149 Å². The van der Waals surface area contributed by atoms with Crippen molar-refractivity contribution in [2.24, 2.45) is 0 Å². The van der Waals surface area contributed by atoms with Gasteiger partial charge in [-0.25, -0.2) is 0 Å². The summed E-state index contributed by atoms with van der Waals surface area (Å²) in [5.41, 5.74) is 2.17. The van der Waals surface area contributed by atoms with Crippen LogP contribution >= 0.6 is 15.9 Å². The number of ether oxygens (including phenoxy) is 2. The Hall–Kier alpha value is -1.35. The molecule has 1 aliphatic heterocycles. The first-order valence-electron chi connectivity index (χ1n) is 8.05. The van der Waals surface area contributed by atoms with Crippen LogP contribution in [-0.4, -0.2) is 68.5 Å². The summed E-state index contributed by atoms with van der Waals surface area (Å²) < 4.78 is 18.6. The summed E-state index contributed by atoms with van der Waals surface area (Å²) in [4.78, 5) is 14.8. The van der Waals surface area contributed by atoms with Crippen LogP contribution in [0.5, 0.6) is 0 Å². The molecule has 1 amide bonds. The van der Waals surface area contributed by atoms with E-state index >= 15 is 0 Å². The van der Waals surface area contributed by atoms with E-state index < -0.39 is 0 Å². The molecule has 0 saturated carbocycles. The van der Waals surface area contributed by atoms with E-state index in [0.717, 1.165) is 38.4 Å². The molecule has 7 nitrogen and oxygen atoms in total. The standard InChI is InChI=1S/C16H22BrN3O4/c1-22-7-6-20-12-11-15(17)24-14(12)10-13(20)16(21)18-2-3-19-4-8-23-9-5-19/h10-11H,2-9H2,1H3,(H,18,21). The summed E-state index contributed by atoms with van der Waals surface area (Å²) in [6.45, 7) is 5.92. The maximum atomic E-state index is 12.6. The van der Waals surface area contributed by atoms with Crippen molar-refractivity contribution >= 4 is 32.9 Å². The number of aromatic nitrogens is 1. The molecule has 3 heterocycles. The molecule has 2 aromatic rings. The number of carbonyl (C=O) groups excluding carboxylic acids is 1. The second-order valence-corrected chi connectivity index (χ2v) is 6.47. The summed E-state index contributed by atoms with van der Waals surface area (Å²) in [5, 5.41) is 2.99. The van der Waals surface area contributed by atoms with Gasteiger partial charge in [-0.3, -0.25) is 9.69 Å². The Balaban J connectivity index is 1.65. The quantitative estimate of drug-likeness (QED) is 0.767. The van der Waals surface area contributed by atoms with Crippen LogP contribution in [0.15, 0.2) is 21.2 Å². The Morgan fingerprint density at radius 1 is 1.33 bits per heavy atom. The van der Waals surface area contributed by atoms with Crippen LogP contribution in [0.4, 0.5) is 0 Å². The fourth-order valence-corrected chi connectivity index (χ4v) is 3.26. The molecule has 1 fully saturated rings. The molecule has 1 aliphatic rings. The number of amides is 1. The lowest BCUT2D eigenvalue weighted by Crippen LogP contribution is -2.41. The third-order valence-electron chi connectivity index (χ3n) is 4.13. The molecule has 0 unspecified atom stereocenters. The topological polar surface area (TPSA) is 68.9 Å². The summed E-state index contributed by atoms with van der Waals surface area (Å²) >= 11 is 3.33. The summed E-state index contributed by atoms with van der Waals surface area (Å²) in [7, 11) is 1.65. The highest BCUT2D eigenvalue weighted by atomic mass is 79.9. The molecule has 2 aromatic heterocycles. The molecule has 0 aromatic carbocycles. The van der Waals surface area contributed by atoms with Gasteiger partial charge in [0.05, 0.1) is 25.3 Å². The van der Waals surface area contributed by atoms with E-state index in [1.807, 2.05) is 10.6 Å². The zero-order valence-electron chi connectivity index (χ0n) is 13.7. The molecule has 0 radical (unpaired) electrons. The molecule has 0 spiro atoms. The molecule has 1 N–H and O–H groups in total. The molecule has 0 aliphatic carbocycles. The van der Waals surface area contributed by atoms with Crippen molar-refractivity contribution in [2.75, 3.05) is 53.1 Å². The highest BCUT2D eigenvalue weighted by Crippen LogP contribution is 2.27. The lowest BCUT2D eigenvalue weighted by molar-refractivity contribution is 0.0383. The average molecular weight is 400 g/mol. The van der Waals surface area contributed by atoms with Gasteiger partial charge in [-0.2, -0.15) is 0 Å². The van der Waals surface area contributed by atoms with Crippen molar-refractivity contribution in [1.29, 1.82) is 0 Å². The molecular weight excluding hydrogens is 378 g/mol. The third-order valence-corrected chi connectivity index (χ3v) is 4.52. The molecule has 0 atom stereocenters. The van der Waals surface area contributed by atoms with Crippen molar-refractivity contribution in [3.05, 3.63) is 22.5 Å². The maximum Gasteiger partial charge on any atom is 0.268 e. The van der Waals surface area contributed by atoms with Crippen LogP contribution in [0.3, 0.4) is 0 Å². The van der Waals surface area contributed by atoms with E-state index in [1.54, 1.807) is 13.2 Å². The van der Waals surface area contributed by atoms with Crippen molar-refractivity contribution < 1.29 is 18.7 Å². The molecule has 132 valence electrons. The number of hydrogen-bond acceptors (Lipinski definition) is 5. The van der Waals surface area contributed by atoms with Crippen LogP contribution in [-0.2, 0) is 16.0 Å². The maximum absolute atomic E-state index is 12.6. The number of hydrogen-bond donors (Lipinski definition) is 1. The fraction of sp³-hybridized carbons (Fsp3) is 0.562. The van der Waals surface area contributed by atoms with Gasteiger partial charge in [0, 0.05) is 52.0 Å². The largest absolute Gasteiger partial charge is 0.448 e. The second-order valence-electron chi connectivity index (χ2n) is 5.68. The fourth-order valence-electron chi connectivity index (χ4n) is 2.87. The van der Waals surface area contributed by atoms with Gasteiger partial charge in [-0.1, -0.05) is 0 Å². The first-order valence-corrected chi connectivity index (χ1v) is 8.84. The van der Waals surface area contributed by atoms with Gasteiger partial charge in [0.1, 0.15) is 5.69 Å². The third kappa shape index (κ3) is 4.00. The van der Waals surface area contributed by atoms with Crippen LogP contribution in [0.2, 0.25) is 0 Å². The smallest absolute Gasteiger partial charge is 0.268 e. The number of halogens is 1. The van der Waals surface area contributed by atoms with E-state index in [4.69, 9.17) is 13.9 Å². The number of nitrogens with zero attached hydrogens (tertiary/aromatic N) is 2. The average Bonchev–Trinajstić information content (AvgIpc) is 3.10. The summed E-state index contributed by atoms with van der Waals surface area (Å²) in [6.07, 6.45) is 0. The SMILES string of the molecule is COCCn1c(C(=O)NCCN2CCOCC2)cc2oc(Br)cc21. The molecule has 1 saturated heterocycles. The Morgan fingerprint density at radius 2 is 2.12 bits per heavy atom. The minimum atomic E-state index is -0.0955. The summed E-state index contributed by atoms with van der Waals surface area (Å²) in [6, 6.07) is 3.65. The van der Waals surface area contributed by atoms with Crippen LogP contribution in [0.25, 0.3) is 11.1 Å². The van der Waals surface area contributed by atoms with Gasteiger partial charge in [-0.15, -0.1) is 0 Å². The second kappa shape index (κ2) is 8.15. The van der Waals surface area contributed by atoms with Crippen LogP contribution in [0, 0.1) is 0 Å². The van der Waals surface area contributed by atoms with E-state index in [1.165, 1.54) is 0 Å². The molecule has 8 heteroatoms. The minimum Gasteiger partial charge on any atom is -0.448 e. The number of nitrogens with one attached hydrogen (secondary N) is 1. The Morgan fingerprint density at radius 3 is 2.88 bits per heavy atom. The van der Waals surface area contributed by atoms with Crippen LogP contribution < -0.4 is 5.32 Å². The normalized spacial score (nSPS) is 15.9. The van der Waals surface area contributed by atoms with Crippen molar-refractivity contribution in [2.45, 2.75) is 6.54 Å². The molecule has 24 heavy (non-hydrogen) atoms. The van der Waals surface area contributed by atoms with Gasteiger partial charge in [-0.05, 0) is 15.9 Å². The highest BCUT2D eigenvalue weighted by Gasteiger charge is 2.19. The van der Waals surface area contributed by atoms with Crippen molar-refractivity contribution in [1.82, 2.24) is 14.8 Å². The number of fused-ring (bicyclic) bond motifs is 1. The number of carbonyl (C=O) groups is 1.